The molecule has 0 aliphatic heterocycles. The summed E-state index contributed by atoms with van der Waals surface area (Å²) in [5.74, 6) is -0.282. The number of carbonyl (C=O) groups excluding carboxylic acids is 1. The average Bonchev–Trinajstić information content (AvgIpc) is 2.37. The summed E-state index contributed by atoms with van der Waals surface area (Å²) in [6, 6.07) is 10.6. The molecule has 0 saturated heterocycles. The zero-order valence-corrected chi connectivity index (χ0v) is 12.5. The molecule has 0 saturated carbocycles. The van der Waals surface area contributed by atoms with E-state index in [1.165, 1.54) is 0 Å². The van der Waals surface area contributed by atoms with Gasteiger partial charge in [0.2, 0.25) is 0 Å². The highest BCUT2D eigenvalue weighted by Crippen LogP contribution is 2.27. The summed E-state index contributed by atoms with van der Waals surface area (Å²) in [7, 11) is 0. The van der Waals surface area contributed by atoms with Gasteiger partial charge >= 0.3 is 0 Å². The molecule has 19 heavy (non-hydrogen) atoms. The number of hydrogen-bond donors (Lipinski definition) is 2. The number of nitrogens with two attached hydrogens (primary N) is 1. The average molecular weight is 340 g/mol. The number of amides is 1. The van der Waals surface area contributed by atoms with Crippen LogP contribution >= 0.6 is 27.5 Å². The number of rotatable bonds is 2. The van der Waals surface area contributed by atoms with Crippen molar-refractivity contribution >= 4 is 44.8 Å². The maximum absolute atomic E-state index is 12.2. The van der Waals surface area contributed by atoms with Gasteiger partial charge in [0.25, 0.3) is 5.91 Å². The number of para-hydroxylation sites is 1. The zero-order chi connectivity index (χ0) is 14.0. The zero-order valence-electron chi connectivity index (χ0n) is 10.2. The number of hydrogen-bond acceptors (Lipinski definition) is 2. The minimum atomic E-state index is -0.282. The Morgan fingerprint density at radius 3 is 2.74 bits per heavy atom. The van der Waals surface area contributed by atoms with Crippen LogP contribution < -0.4 is 11.1 Å². The van der Waals surface area contributed by atoms with E-state index in [0.29, 0.717) is 22.0 Å². The number of nitrogens with one attached hydrogen (secondary N) is 1. The molecule has 0 fully saturated rings. The van der Waals surface area contributed by atoms with Crippen molar-refractivity contribution in [2.24, 2.45) is 0 Å². The van der Waals surface area contributed by atoms with Crippen molar-refractivity contribution in [3.63, 3.8) is 0 Å². The minimum absolute atomic E-state index is 0.282. The van der Waals surface area contributed by atoms with Crippen LogP contribution in [-0.4, -0.2) is 5.91 Å². The predicted molar refractivity (Wildman–Crippen MR) is 82.7 cm³/mol. The Hall–Kier alpha value is -1.52. The van der Waals surface area contributed by atoms with E-state index in [-0.39, 0.29) is 5.91 Å². The fourth-order valence-corrected chi connectivity index (χ4v) is 2.33. The summed E-state index contributed by atoms with van der Waals surface area (Å²) in [6.45, 7) is 1.88. The molecule has 3 N–H and O–H groups in total. The first-order chi connectivity index (χ1) is 8.99. The van der Waals surface area contributed by atoms with Crippen molar-refractivity contribution in [1.29, 1.82) is 0 Å². The van der Waals surface area contributed by atoms with Crippen molar-refractivity contribution in [3.05, 3.63) is 57.0 Å². The van der Waals surface area contributed by atoms with E-state index >= 15 is 0 Å². The Morgan fingerprint density at radius 2 is 2.05 bits per heavy atom. The van der Waals surface area contributed by atoms with Gasteiger partial charge in [-0.25, -0.2) is 0 Å². The lowest BCUT2D eigenvalue weighted by molar-refractivity contribution is 0.102. The lowest BCUT2D eigenvalue weighted by atomic mass is 10.1. The van der Waals surface area contributed by atoms with Gasteiger partial charge in [-0.3, -0.25) is 4.79 Å². The van der Waals surface area contributed by atoms with E-state index < -0.39 is 0 Å². The van der Waals surface area contributed by atoms with Gasteiger partial charge in [0.05, 0.1) is 16.3 Å². The van der Waals surface area contributed by atoms with Crippen LogP contribution in [0.5, 0.6) is 0 Å². The summed E-state index contributed by atoms with van der Waals surface area (Å²) >= 11 is 9.39. The van der Waals surface area contributed by atoms with Crippen LogP contribution in [0.1, 0.15) is 15.9 Å². The second kappa shape index (κ2) is 5.63. The van der Waals surface area contributed by atoms with Crippen LogP contribution in [0.25, 0.3) is 0 Å². The largest absolute Gasteiger partial charge is 0.398 e. The molecule has 0 aliphatic carbocycles. The van der Waals surface area contributed by atoms with E-state index in [9.17, 15) is 4.79 Å². The molecule has 0 bridgehead atoms. The molecule has 2 aromatic rings. The Morgan fingerprint density at radius 1 is 1.32 bits per heavy atom. The SMILES string of the molecule is Cc1cccc(Cl)c1NC(=O)c1cc(Br)ccc1N. The molecule has 1 amide bonds. The molecular weight excluding hydrogens is 328 g/mol. The highest BCUT2D eigenvalue weighted by Gasteiger charge is 2.13. The summed E-state index contributed by atoms with van der Waals surface area (Å²) in [4.78, 5) is 12.2. The van der Waals surface area contributed by atoms with Crippen molar-refractivity contribution in [1.82, 2.24) is 0 Å². The molecule has 0 aliphatic rings. The summed E-state index contributed by atoms with van der Waals surface area (Å²) in [6.07, 6.45) is 0. The lowest BCUT2D eigenvalue weighted by Gasteiger charge is -2.11. The quantitative estimate of drug-likeness (QED) is 0.804. The van der Waals surface area contributed by atoms with Gasteiger partial charge in [0.1, 0.15) is 0 Å². The first-order valence-electron chi connectivity index (χ1n) is 5.60. The molecule has 2 rings (SSSR count). The molecule has 3 nitrogen and oxygen atoms in total. The number of anilines is 2. The van der Waals surface area contributed by atoms with Gasteiger partial charge < -0.3 is 11.1 Å². The second-order valence-corrected chi connectivity index (χ2v) is 5.44. The van der Waals surface area contributed by atoms with Gasteiger partial charge in [-0.1, -0.05) is 39.7 Å². The molecule has 0 heterocycles. The first kappa shape index (κ1) is 13.9. The van der Waals surface area contributed by atoms with Gasteiger partial charge in [-0.05, 0) is 36.8 Å². The first-order valence-corrected chi connectivity index (χ1v) is 6.77. The van der Waals surface area contributed by atoms with Crippen molar-refractivity contribution in [2.45, 2.75) is 6.92 Å². The Labute approximate surface area is 124 Å². The van der Waals surface area contributed by atoms with Crippen LogP contribution in [0.15, 0.2) is 40.9 Å². The molecule has 0 aromatic heterocycles. The van der Waals surface area contributed by atoms with E-state index in [2.05, 4.69) is 21.2 Å². The van der Waals surface area contributed by atoms with E-state index in [0.717, 1.165) is 10.0 Å². The molecule has 0 radical (unpaired) electrons. The monoisotopic (exact) mass is 338 g/mol. The standard InChI is InChI=1S/C14H12BrClN2O/c1-8-3-2-4-11(16)13(8)18-14(19)10-7-9(15)5-6-12(10)17/h2-7H,17H2,1H3,(H,18,19). The van der Waals surface area contributed by atoms with Crippen LogP contribution in [0.3, 0.4) is 0 Å². The Bertz CT molecular complexity index is 623. The van der Waals surface area contributed by atoms with Crippen LogP contribution in [0, 0.1) is 6.92 Å². The van der Waals surface area contributed by atoms with Crippen LogP contribution in [-0.2, 0) is 0 Å². The third-order valence-corrected chi connectivity index (χ3v) is 3.53. The third-order valence-electron chi connectivity index (χ3n) is 2.72. The van der Waals surface area contributed by atoms with E-state index in [1.54, 1.807) is 24.3 Å². The molecular formula is C14H12BrClN2O. The maximum Gasteiger partial charge on any atom is 0.257 e. The Balaban J connectivity index is 2.34. The minimum Gasteiger partial charge on any atom is -0.398 e. The number of carbonyl (C=O) groups is 1. The second-order valence-electron chi connectivity index (χ2n) is 4.12. The molecule has 2 aromatic carbocycles. The fraction of sp³-hybridized carbons (Fsp3) is 0.0714. The van der Waals surface area contributed by atoms with Crippen LogP contribution in [0.4, 0.5) is 11.4 Å². The van der Waals surface area contributed by atoms with E-state index in [1.807, 2.05) is 19.1 Å². The van der Waals surface area contributed by atoms with Crippen LogP contribution in [0.2, 0.25) is 5.02 Å². The normalized spacial score (nSPS) is 10.3. The highest BCUT2D eigenvalue weighted by molar-refractivity contribution is 9.10. The summed E-state index contributed by atoms with van der Waals surface area (Å²) in [5, 5.41) is 3.29. The molecule has 0 unspecified atom stereocenters. The molecule has 98 valence electrons. The predicted octanol–water partition coefficient (Wildman–Crippen LogP) is 4.25. The molecule has 5 heteroatoms. The lowest BCUT2D eigenvalue weighted by Crippen LogP contribution is -2.15. The van der Waals surface area contributed by atoms with Gasteiger partial charge in [0, 0.05) is 10.2 Å². The van der Waals surface area contributed by atoms with Gasteiger partial charge in [-0.2, -0.15) is 0 Å². The van der Waals surface area contributed by atoms with Gasteiger partial charge in [-0.15, -0.1) is 0 Å². The van der Waals surface area contributed by atoms with Crippen molar-refractivity contribution < 1.29 is 4.79 Å². The van der Waals surface area contributed by atoms with Crippen molar-refractivity contribution in [3.8, 4) is 0 Å². The number of nitrogen functional groups attached to an aromatic ring is 1. The summed E-state index contributed by atoms with van der Waals surface area (Å²) < 4.78 is 0.794. The highest BCUT2D eigenvalue weighted by atomic mass is 79.9. The number of halogens is 2. The number of aryl methyl sites for hydroxylation is 1. The van der Waals surface area contributed by atoms with Crippen molar-refractivity contribution in [2.75, 3.05) is 11.1 Å². The Kier molecular flexibility index (Phi) is 4.12. The molecule has 0 spiro atoms. The third kappa shape index (κ3) is 3.08. The fourth-order valence-electron chi connectivity index (χ4n) is 1.70. The maximum atomic E-state index is 12.2. The summed E-state index contributed by atoms with van der Waals surface area (Å²) in [5.41, 5.74) is 8.14. The topological polar surface area (TPSA) is 55.1 Å². The van der Waals surface area contributed by atoms with Gasteiger partial charge in [0.15, 0.2) is 0 Å². The number of benzene rings is 2. The molecule has 0 atom stereocenters. The smallest absolute Gasteiger partial charge is 0.257 e. The van der Waals surface area contributed by atoms with E-state index in [4.69, 9.17) is 17.3 Å².